The normalized spacial score (nSPS) is 28.1. The first-order chi connectivity index (χ1) is 7.73. The van der Waals surface area contributed by atoms with Gasteiger partial charge in [-0.25, -0.2) is 0 Å². The number of para-hydroxylation sites is 1. The van der Waals surface area contributed by atoms with Crippen molar-refractivity contribution in [3.63, 3.8) is 0 Å². The van der Waals surface area contributed by atoms with E-state index in [0.717, 1.165) is 30.8 Å². The Morgan fingerprint density at radius 2 is 2.19 bits per heavy atom. The predicted octanol–water partition coefficient (Wildman–Crippen LogP) is 0.556. The third-order valence-corrected chi connectivity index (χ3v) is 3.63. The molecular formula is C12H15N3O. The maximum absolute atomic E-state index is 12.0. The summed E-state index contributed by atoms with van der Waals surface area (Å²) >= 11 is 0. The molecule has 84 valence electrons. The van der Waals surface area contributed by atoms with Gasteiger partial charge in [0.05, 0.1) is 11.3 Å². The molecule has 1 fully saturated rings. The van der Waals surface area contributed by atoms with Gasteiger partial charge >= 0.3 is 0 Å². The molecule has 0 radical (unpaired) electrons. The van der Waals surface area contributed by atoms with E-state index in [1.165, 1.54) is 0 Å². The number of carbonyl (C=O) groups is 1. The minimum atomic E-state index is -0.231. The number of anilines is 1. The van der Waals surface area contributed by atoms with Crippen LogP contribution in [0.5, 0.6) is 0 Å². The van der Waals surface area contributed by atoms with Gasteiger partial charge in [0.15, 0.2) is 0 Å². The molecule has 4 heteroatoms. The zero-order valence-electron chi connectivity index (χ0n) is 9.29. The molecule has 0 aliphatic carbocycles. The van der Waals surface area contributed by atoms with E-state index in [1.54, 1.807) is 0 Å². The zero-order chi connectivity index (χ0) is 11.2. The molecule has 3 rings (SSSR count). The molecule has 1 spiro atoms. The fraction of sp³-hybridized carbons (Fsp3) is 0.417. The van der Waals surface area contributed by atoms with Gasteiger partial charge in [0.2, 0.25) is 0 Å². The van der Waals surface area contributed by atoms with Gasteiger partial charge in [-0.3, -0.25) is 4.79 Å². The number of benzene rings is 1. The third kappa shape index (κ3) is 1.16. The highest BCUT2D eigenvalue weighted by atomic mass is 16.2. The molecule has 1 aromatic carbocycles. The maximum Gasteiger partial charge on any atom is 0.255 e. The summed E-state index contributed by atoms with van der Waals surface area (Å²) in [6.07, 6.45) is 0.948. The van der Waals surface area contributed by atoms with Crippen LogP contribution < -0.4 is 15.5 Å². The van der Waals surface area contributed by atoms with Crippen molar-refractivity contribution < 1.29 is 4.79 Å². The minimum absolute atomic E-state index is 0.0393. The number of likely N-dealkylation sites (N-methyl/N-ethyl adjacent to an activating group) is 1. The summed E-state index contributed by atoms with van der Waals surface area (Å²) in [4.78, 5) is 14.2. The fourth-order valence-corrected chi connectivity index (χ4v) is 2.62. The molecule has 1 atom stereocenters. The van der Waals surface area contributed by atoms with E-state index in [2.05, 4.69) is 15.5 Å². The molecule has 1 amide bonds. The van der Waals surface area contributed by atoms with Crippen molar-refractivity contribution in [3.8, 4) is 0 Å². The summed E-state index contributed by atoms with van der Waals surface area (Å²) in [6.45, 7) is 1.76. The Hall–Kier alpha value is -1.55. The molecular weight excluding hydrogens is 202 g/mol. The van der Waals surface area contributed by atoms with E-state index in [9.17, 15) is 4.79 Å². The van der Waals surface area contributed by atoms with Crippen LogP contribution in [0.15, 0.2) is 24.3 Å². The van der Waals surface area contributed by atoms with Crippen LogP contribution in [0.3, 0.4) is 0 Å². The lowest BCUT2D eigenvalue weighted by atomic mass is 9.99. The predicted molar refractivity (Wildman–Crippen MR) is 62.5 cm³/mol. The summed E-state index contributed by atoms with van der Waals surface area (Å²) in [5, 5.41) is 6.43. The van der Waals surface area contributed by atoms with E-state index >= 15 is 0 Å². The van der Waals surface area contributed by atoms with Crippen LogP contribution in [0.25, 0.3) is 0 Å². The topological polar surface area (TPSA) is 44.4 Å². The highest BCUT2D eigenvalue weighted by Crippen LogP contribution is 2.32. The van der Waals surface area contributed by atoms with Crippen LogP contribution in [-0.4, -0.2) is 31.7 Å². The Labute approximate surface area is 94.6 Å². The summed E-state index contributed by atoms with van der Waals surface area (Å²) in [7, 11) is 2.05. The number of amides is 1. The van der Waals surface area contributed by atoms with Gasteiger partial charge in [0.1, 0.15) is 5.66 Å². The Bertz CT molecular complexity index is 438. The highest BCUT2D eigenvalue weighted by molar-refractivity contribution is 6.02. The van der Waals surface area contributed by atoms with Crippen LogP contribution in [0, 0.1) is 0 Å². The second-order valence-electron chi connectivity index (χ2n) is 4.49. The molecule has 1 aromatic rings. The molecule has 0 bridgehead atoms. The highest BCUT2D eigenvalue weighted by Gasteiger charge is 2.43. The first kappa shape index (κ1) is 9.66. The van der Waals surface area contributed by atoms with Gasteiger partial charge in [-0.15, -0.1) is 0 Å². The molecule has 0 unspecified atom stereocenters. The molecule has 16 heavy (non-hydrogen) atoms. The molecule has 2 aliphatic rings. The summed E-state index contributed by atoms with van der Waals surface area (Å²) in [5.41, 5.74) is 1.56. The third-order valence-electron chi connectivity index (χ3n) is 3.63. The number of nitrogens with zero attached hydrogens (tertiary/aromatic N) is 1. The lowest BCUT2D eigenvalue weighted by Gasteiger charge is -2.44. The number of rotatable bonds is 0. The quantitative estimate of drug-likeness (QED) is 0.667. The van der Waals surface area contributed by atoms with Crippen LogP contribution in [0.4, 0.5) is 5.69 Å². The van der Waals surface area contributed by atoms with Gasteiger partial charge in [-0.1, -0.05) is 12.1 Å². The van der Waals surface area contributed by atoms with Crippen molar-refractivity contribution >= 4 is 11.6 Å². The number of nitrogens with one attached hydrogen (secondary N) is 2. The molecule has 2 N–H and O–H groups in total. The van der Waals surface area contributed by atoms with Crippen molar-refractivity contribution in [2.24, 2.45) is 0 Å². The van der Waals surface area contributed by atoms with Gasteiger partial charge < -0.3 is 15.5 Å². The van der Waals surface area contributed by atoms with E-state index in [4.69, 9.17) is 0 Å². The van der Waals surface area contributed by atoms with Gasteiger partial charge in [0.25, 0.3) is 5.91 Å². The van der Waals surface area contributed by atoms with Crippen LogP contribution in [-0.2, 0) is 0 Å². The van der Waals surface area contributed by atoms with E-state index in [1.807, 2.05) is 31.3 Å². The Kier molecular flexibility index (Phi) is 1.94. The van der Waals surface area contributed by atoms with Crippen LogP contribution >= 0.6 is 0 Å². The Balaban J connectivity index is 2.10. The molecule has 0 aromatic heterocycles. The van der Waals surface area contributed by atoms with Crippen LogP contribution in [0.2, 0.25) is 0 Å². The average molecular weight is 217 g/mol. The van der Waals surface area contributed by atoms with Gasteiger partial charge in [-0.05, 0) is 18.7 Å². The molecule has 1 saturated heterocycles. The fourth-order valence-electron chi connectivity index (χ4n) is 2.62. The van der Waals surface area contributed by atoms with E-state index in [-0.39, 0.29) is 11.6 Å². The second kappa shape index (κ2) is 3.22. The molecule has 4 nitrogen and oxygen atoms in total. The Morgan fingerprint density at radius 1 is 1.38 bits per heavy atom. The van der Waals surface area contributed by atoms with E-state index < -0.39 is 0 Å². The number of hydrogen-bond acceptors (Lipinski definition) is 3. The average Bonchev–Trinajstić information content (AvgIpc) is 2.76. The van der Waals surface area contributed by atoms with Crippen molar-refractivity contribution in [2.75, 3.05) is 25.0 Å². The van der Waals surface area contributed by atoms with Crippen molar-refractivity contribution in [3.05, 3.63) is 29.8 Å². The summed E-state index contributed by atoms with van der Waals surface area (Å²) < 4.78 is 0. The maximum atomic E-state index is 12.0. The standard InChI is InChI=1S/C12H15N3O/c1-15-10-5-3-2-4-9(10)11(16)14-12(15)6-7-13-8-12/h2-5,13H,6-8H2,1H3,(H,14,16)/t12-/m0/s1. The van der Waals surface area contributed by atoms with Crippen molar-refractivity contribution in [1.29, 1.82) is 0 Å². The van der Waals surface area contributed by atoms with E-state index in [0.29, 0.717) is 0 Å². The SMILES string of the molecule is CN1c2ccccc2C(=O)N[C@@]12CCNC2. The zero-order valence-corrected chi connectivity index (χ0v) is 9.29. The smallest absolute Gasteiger partial charge is 0.255 e. The Morgan fingerprint density at radius 3 is 2.94 bits per heavy atom. The molecule has 2 heterocycles. The number of carbonyl (C=O) groups excluding carboxylic acids is 1. The number of fused-ring (bicyclic) bond motifs is 1. The minimum Gasteiger partial charge on any atom is -0.350 e. The summed E-state index contributed by atoms with van der Waals surface area (Å²) in [6, 6.07) is 7.76. The van der Waals surface area contributed by atoms with Crippen LogP contribution in [0.1, 0.15) is 16.8 Å². The van der Waals surface area contributed by atoms with Gasteiger partial charge in [0, 0.05) is 20.0 Å². The monoisotopic (exact) mass is 217 g/mol. The second-order valence-corrected chi connectivity index (χ2v) is 4.49. The van der Waals surface area contributed by atoms with Crippen molar-refractivity contribution in [1.82, 2.24) is 10.6 Å². The molecule has 2 aliphatic heterocycles. The van der Waals surface area contributed by atoms with Gasteiger partial charge in [-0.2, -0.15) is 0 Å². The largest absolute Gasteiger partial charge is 0.350 e. The lowest BCUT2D eigenvalue weighted by molar-refractivity contribution is 0.0892. The summed E-state index contributed by atoms with van der Waals surface area (Å²) in [5.74, 6) is 0.0393. The lowest BCUT2D eigenvalue weighted by Crippen LogP contribution is -2.64. The first-order valence-corrected chi connectivity index (χ1v) is 5.59. The molecule has 0 saturated carbocycles. The van der Waals surface area contributed by atoms with Crippen molar-refractivity contribution in [2.45, 2.75) is 12.1 Å². The first-order valence-electron chi connectivity index (χ1n) is 5.59. The number of hydrogen-bond donors (Lipinski definition) is 2.